The van der Waals surface area contributed by atoms with Crippen LogP contribution in [0.3, 0.4) is 0 Å². The van der Waals surface area contributed by atoms with Gasteiger partial charge >= 0.3 is 0 Å². The van der Waals surface area contributed by atoms with Crippen molar-refractivity contribution in [3.05, 3.63) is 51.5 Å². The minimum absolute atomic E-state index is 0.358. The van der Waals surface area contributed by atoms with E-state index in [1.54, 1.807) is 11.3 Å². The summed E-state index contributed by atoms with van der Waals surface area (Å²) in [6.45, 7) is 7.32. The van der Waals surface area contributed by atoms with E-state index in [2.05, 4.69) is 60.7 Å². The molecule has 0 amide bonds. The second-order valence-electron chi connectivity index (χ2n) is 4.59. The van der Waals surface area contributed by atoms with Gasteiger partial charge in [-0.15, -0.1) is 11.3 Å². The molecule has 2 aromatic rings. The fourth-order valence-electron chi connectivity index (χ4n) is 2.15. The first-order valence-electron chi connectivity index (χ1n) is 6.40. The first kappa shape index (κ1) is 13.2. The van der Waals surface area contributed by atoms with Gasteiger partial charge in [-0.3, -0.25) is 0 Å². The molecule has 0 bridgehead atoms. The van der Waals surface area contributed by atoms with Gasteiger partial charge in [0.2, 0.25) is 0 Å². The Morgan fingerprint density at radius 2 is 2.17 bits per heavy atom. The molecule has 0 saturated heterocycles. The predicted molar refractivity (Wildman–Crippen MR) is 78.2 cm³/mol. The van der Waals surface area contributed by atoms with E-state index < -0.39 is 0 Å². The molecule has 0 aliphatic heterocycles. The molecule has 96 valence electrons. The Labute approximate surface area is 113 Å². The average molecular weight is 260 g/mol. The third-order valence-corrected chi connectivity index (χ3v) is 3.80. The number of aromatic nitrogens is 1. The van der Waals surface area contributed by atoms with E-state index in [4.69, 9.17) is 0 Å². The lowest BCUT2D eigenvalue weighted by Gasteiger charge is -2.17. The van der Waals surface area contributed by atoms with E-state index in [0.717, 1.165) is 18.0 Å². The summed E-state index contributed by atoms with van der Waals surface area (Å²) in [5.41, 5.74) is 3.84. The van der Waals surface area contributed by atoms with Gasteiger partial charge < -0.3 is 5.32 Å². The molecule has 1 atom stereocenters. The number of benzene rings is 1. The van der Waals surface area contributed by atoms with Crippen LogP contribution < -0.4 is 5.32 Å². The maximum absolute atomic E-state index is 4.56. The van der Waals surface area contributed by atoms with Crippen LogP contribution in [0.1, 0.15) is 34.8 Å². The molecule has 2 nitrogen and oxygen atoms in total. The lowest BCUT2D eigenvalue weighted by molar-refractivity contribution is 0.544. The fraction of sp³-hybridized carbons (Fsp3) is 0.400. The average Bonchev–Trinajstić information content (AvgIpc) is 2.74. The molecule has 3 heteroatoms. The Balaban J connectivity index is 2.17. The molecule has 1 heterocycles. The third-order valence-electron chi connectivity index (χ3n) is 2.97. The van der Waals surface area contributed by atoms with Crippen LogP contribution in [0.5, 0.6) is 0 Å². The number of rotatable bonds is 5. The molecule has 0 radical (unpaired) electrons. The largest absolute Gasteiger partial charge is 0.310 e. The third kappa shape index (κ3) is 3.40. The van der Waals surface area contributed by atoms with Crippen molar-refractivity contribution in [3.8, 4) is 0 Å². The van der Waals surface area contributed by atoms with Crippen molar-refractivity contribution in [3.63, 3.8) is 0 Å². The second-order valence-corrected chi connectivity index (χ2v) is 5.65. The van der Waals surface area contributed by atoms with Crippen LogP contribution in [0.2, 0.25) is 0 Å². The molecular formula is C15H20N2S. The van der Waals surface area contributed by atoms with Gasteiger partial charge in [-0.1, -0.05) is 36.8 Å². The van der Waals surface area contributed by atoms with E-state index in [-0.39, 0.29) is 0 Å². The standard InChI is InChI=1S/C15H20N2S/c1-4-16-15(9-14-10-18-12(3)17-14)13-7-5-6-11(2)8-13/h5-8,10,15-16H,4,9H2,1-3H3. The van der Waals surface area contributed by atoms with Crippen LogP contribution in [0.25, 0.3) is 0 Å². The van der Waals surface area contributed by atoms with Crippen LogP contribution in [-0.2, 0) is 6.42 Å². The summed E-state index contributed by atoms with van der Waals surface area (Å²) in [5.74, 6) is 0. The van der Waals surface area contributed by atoms with Crippen molar-refractivity contribution in [2.24, 2.45) is 0 Å². The molecule has 1 unspecified atom stereocenters. The first-order chi connectivity index (χ1) is 8.69. The van der Waals surface area contributed by atoms with Crippen molar-refractivity contribution >= 4 is 11.3 Å². The fourth-order valence-corrected chi connectivity index (χ4v) is 2.78. The summed E-state index contributed by atoms with van der Waals surface area (Å²) < 4.78 is 0. The van der Waals surface area contributed by atoms with Gasteiger partial charge in [-0.25, -0.2) is 4.98 Å². The smallest absolute Gasteiger partial charge is 0.0897 e. The van der Waals surface area contributed by atoms with E-state index in [0.29, 0.717) is 6.04 Å². The highest BCUT2D eigenvalue weighted by Gasteiger charge is 2.12. The van der Waals surface area contributed by atoms with E-state index >= 15 is 0 Å². The summed E-state index contributed by atoms with van der Waals surface area (Å²) in [5, 5.41) is 6.85. The van der Waals surface area contributed by atoms with E-state index in [1.165, 1.54) is 16.8 Å². The minimum Gasteiger partial charge on any atom is -0.310 e. The molecule has 0 aliphatic carbocycles. The second kappa shape index (κ2) is 6.12. The monoisotopic (exact) mass is 260 g/mol. The van der Waals surface area contributed by atoms with Crippen LogP contribution in [0, 0.1) is 13.8 Å². The Morgan fingerprint density at radius 3 is 2.78 bits per heavy atom. The topological polar surface area (TPSA) is 24.9 Å². The summed E-state index contributed by atoms with van der Waals surface area (Å²) in [7, 11) is 0. The van der Waals surface area contributed by atoms with Crippen LogP contribution in [0.15, 0.2) is 29.6 Å². The van der Waals surface area contributed by atoms with Gasteiger partial charge in [0.25, 0.3) is 0 Å². The number of likely N-dealkylation sites (N-methyl/N-ethyl adjacent to an activating group) is 1. The zero-order valence-corrected chi connectivity index (χ0v) is 12.1. The molecular weight excluding hydrogens is 240 g/mol. The van der Waals surface area contributed by atoms with Gasteiger partial charge in [-0.05, 0) is 26.0 Å². The summed E-state index contributed by atoms with van der Waals surface area (Å²) in [6.07, 6.45) is 0.960. The van der Waals surface area contributed by atoms with Gasteiger partial charge in [-0.2, -0.15) is 0 Å². The lowest BCUT2D eigenvalue weighted by atomic mass is 10.0. The molecule has 0 aliphatic rings. The molecule has 0 spiro atoms. The van der Waals surface area contributed by atoms with Crippen molar-refractivity contribution in [1.29, 1.82) is 0 Å². The van der Waals surface area contributed by atoms with Crippen molar-refractivity contribution < 1.29 is 0 Å². The minimum atomic E-state index is 0.358. The highest BCUT2D eigenvalue weighted by atomic mass is 32.1. The van der Waals surface area contributed by atoms with Gasteiger partial charge in [0, 0.05) is 17.8 Å². The molecule has 1 aromatic heterocycles. The molecule has 1 N–H and O–H groups in total. The predicted octanol–water partition coefficient (Wildman–Crippen LogP) is 3.65. The zero-order chi connectivity index (χ0) is 13.0. The maximum Gasteiger partial charge on any atom is 0.0897 e. The zero-order valence-electron chi connectivity index (χ0n) is 11.2. The van der Waals surface area contributed by atoms with Gasteiger partial charge in [0.05, 0.1) is 10.7 Å². The number of thiazole rings is 1. The van der Waals surface area contributed by atoms with E-state index in [1.807, 2.05) is 0 Å². The summed E-state index contributed by atoms with van der Waals surface area (Å²) >= 11 is 1.72. The van der Waals surface area contributed by atoms with Crippen LogP contribution in [-0.4, -0.2) is 11.5 Å². The number of hydrogen-bond donors (Lipinski definition) is 1. The van der Waals surface area contributed by atoms with Crippen molar-refractivity contribution in [2.75, 3.05) is 6.54 Å². The quantitative estimate of drug-likeness (QED) is 0.887. The van der Waals surface area contributed by atoms with Crippen molar-refractivity contribution in [2.45, 2.75) is 33.2 Å². The Morgan fingerprint density at radius 1 is 1.33 bits per heavy atom. The number of nitrogens with one attached hydrogen (secondary N) is 1. The Kier molecular flexibility index (Phi) is 4.50. The Bertz CT molecular complexity index is 505. The highest BCUT2D eigenvalue weighted by Crippen LogP contribution is 2.20. The van der Waals surface area contributed by atoms with Crippen LogP contribution in [0.4, 0.5) is 0 Å². The van der Waals surface area contributed by atoms with E-state index in [9.17, 15) is 0 Å². The molecule has 2 rings (SSSR count). The van der Waals surface area contributed by atoms with Gasteiger partial charge in [0.1, 0.15) is 0 Å². The van der Waals surface area contributed by atoms with Crippen LogP contribution >= 0.6 is 11.3 Å². The first-order valence-corrected chi connectivity index (χ1v) is 7.28. The Hall–Kier alpha value is -1.19. The number of hydrogen-bond acceptors (Lipinski definition) is 3. The molecule has 1 aromatic carbocycles. The summed E-state index contributed by atoms with van der Waals surface area (Å²) in [4.78, 5) is 4.56. The van der Waals surface area contributed by atoms with Gasteiger partial charge in [0.15, 0.2) is 0 Å². The summed E-state index contributed by atoms with van der Waals surface area (Å²) in [6, 6.07) is 9.07. The molecule has 18 heavy (non-hydrogen) atoms. The number of nitrogens with zero attached hydrogens (tertiary/aromatic N) is 1. The lowest BCUT2D eigenvalue weighted by Crippen LogP contribution is -2.23. The maximum atomic E-state index is 4.56. The highest BCUT2D eigenvalue weighted by molar-refractivity contribution is 7.09. The molecule has 0 saturated carbocycles. The SMILES string of the molecule is CCNC(Cc1csc(C)n1)c1cccc(C)c1. The molecule has 0 fully saturated rings. The normalized spacial score (nSPS) is 12.6. The van der Waals surface area contributed by atoms with Crippen molar-refractivity contribution in [1.82, 2.24) is 10.3 Å². The number of aryl methyl sites for hydroxylation is 2.